The van der Waals surface area contributed by atoms with Gasteiger partial charge in [0.15, 0.2) is 12.4 Å². The molecule has 3 aromatic rings. The standard InChI is InChI=1S/C17H14O3/c1-12-14-9-5-6-10-16(14)20-17(12)15(18)11-19-13-7-3-2-4-8-13/h2-10H,11H2,1H3. The largest absolute Gasteiger partial charge is 0.485 e. The molecule has 1 heterocycles. The number of hydrogen-bond donors (Lipinski definition) is 0. The van der Waals surface area contributed by atoms with Crippen LogP contribution >= 0.6 is 0 Å². The normalized spacial score (nSPS) is 10.7. The molecular weight excluding hydrogens is 252 g/mol. The number of benzene rings is 2. The van der Waals surface area contributed by atoms with Crippen molar-refractivity contribution in [3.63, 3.8) is 0 Å². The fraction of sp³-hybridized carbons (Fsp3) is 0.118. The van der Waals surface area contributed by atoms with E-state index in [4.69, 9.17) is 9.15 Å². The molecule has 0 aliphatic rings. The van der Waals surface area contributed by atoms with Gasteiger partial charge in [-0.3, -0.25) is 4.79 Å². The Bertz CT molecular complexity index is 741. The van der Waals surface area contributed by atoms with Gasteiger partial charge in [-0.2, -0.15) is 0 Å². The first-order valence-corrected chi connectivity index (χ1v) is 6.45. The fourth-order valence-corrected chi connectivity index (χ4v) is 2.17. The molecule has 0 aliphatic heterocycles. The van der Waals surface area contributed by atoms with E-state index in [1.807, 2.05) is 61.5 Å². The average molecular weight is 266 g/mol. The van der Waals surface area contributed by atoms with Crippen LogP contribution in [0.4, 0.5) is 0 Å². The van der Waals surface area contributed by atoms with Crippen molar-refractivity contribution in [2.24, 2.45) is 0 Å². The number of fused-ring (bicyclic) bond motifs is 1. The Hall–Kier alpha value is -2.55. The molecule has 100 valence electrons. The highest BCUT2D eigenvalue weighted by Crippen LogP contribution is 2.25. The van der Waals surface area contributed by atoms with Crippen LogP contribution in [0.5, 0.6) is 5.75 Å². The molecule has 20 heavy (non-hydrogen) atoms. The highest BCUT2D eigenvalue weighted by Gasteiger charge is 2.17. The number of aryl methyl sites for hydroxylation is 1. The second kappa shape index (κ2) is 5.21. The summed E-state index contributed by atoms with van der Waals surface area (Å²) in [7, 11) is 0. The first kappa shape index (κ1) is 12.5. The van der Waals surface area contributed by atoms with Crippen LogP contribution in [-0.4, -0.2) is 12.4 Å². The van der Waals surface area contributed by atoms with Crippen LogP contribution in [0.15, 0.2) is 59.0 Å². The summed E-state index contributed by atoms with van der Waals surface area (Å²) in [6, 6.07) is 16.9. The van der Waals surface area contributed by atoms with E-state index in [0.717, 1.165) is 16.5 Å². The van der Waals surface area contributed by atoms with Crippen LogP contribution in [0.1, 0.15) is 16.1 Å². The van der Waals surface area contributed by atoms with Crippen LogP contribution in [0.3, 0.4) is 0 Å². The first-order valence-electron chi connectivity index (χ1n) is 6.45. The Morgan fingerprint density at radius 3 is 2.50 bits per heavy atom. The van der Waals surface area contributed by atoms with Gasteiger partial charge in [0.05, 0.1) is 0 Å². The molecular formula is C17H14O3. The number of ketones is 1. The lowest BCUT2D eigenvalue weighted by atomic mass is 10.1. The van der Waals surface area contributed by atoms with E-state index in [1.54, 1.807) is 0 Å². The highest BCUT2D eigenvalue weighted by molar-refractivity contribution is 6.01. The molecule has 1 aromatic heterocycles. The van der Waals surface area contributed by atoms with E-state index in [-0.39, 0.29) is 12.4 Å². The van der Waals surface area contributed by atoms with Crippen molar-refractivity contribution in [2.45, 2.75) is 6.92 Å². The molecule has 0 radical (unpaired) electrons. The Kier molecular flexibility index (Phi) is 3.25. The minimum atomic E-state index is -0.150. The van der Waals surface area contributed by atoms with Crippen molar-refractivity contribution in [3.05, 3.63) is 65.9 Å². The van der Waals surface area contributed by atoms with Crippen LogP contribution in [-0.2, 0) is 0 Å². The molecule has 0 saturated carbocycles. The fourth-order valence-electron chi connectivity index (χ4n) is 2.17. The summed E-state index contributed by atoms with van der Waals surface area (Å²) in [6.07, 6.45) is 0. The van der Waals surface area contributed by atoms with Gasteiger partial charge in [-0.25, -0.2) is 0 Å². The van der Waals surface area contributed by atoms with Gasteiger partial charge in [0, 0.05) is 10.9 Å². The summed E-state index contributed by atoms with van der Waals surface area (Å²) < 4.78 is 11.1. The third-order valence-corrected chi connectivity index (χ3v) is 3.21. The van der Waals surface area contributed by atoms with Crippen molar-refractivity contribution < 1.29 is 13.9 Å². The Balaban J connectivity index is 1.81. The van der Waals surface area contributed by atoms with E-state index in [0.29, 0.717) is 11.5 Å². The number of carbonyl (C=O) groups excluding carboxylic acids is 1. The van der Waals surface area contributed by atoms with Crippen molar-refractivity contribution in [2.75, 3.05) is 6.61 Å². The lowest BCUT2D eigenvalue weighted by Crippen LogP contribution is -2.11. The quantitative estimate of drug-likeness (QED) is 0.670. The van der Waals surface area contributed by atoms with E-state index < -0.39 is 0 Å². The number of ether oxygens (including phenoxy) is 1. The van der Waals surface area contributed by atoms with Crippen molar-refractivity contribution in [1.82, 2.24) is 0 Å². The van der Waals surface area contributed by atoms with E-state index in [9.17, 15) is 4.79 Å². The van der Waals surface area contributed by atoms with Gasteiger partial charge >= 0.3 is 0 Å². The predicted octanol–water partition coefficient (Wildman–Crippen LogP) is 4.00. The summed E-state index contributed by atoms with van der Waals surface area (Å²) in [5.74, 6) is 0.902. The summed E-state index contributed by atoms with van der Waals surface area (Å²) >= 11 is 0. The smallest absolute Gasteiger partial charge is 0.235 e. The van der Waals surface area contributed by atoms with Crippen molar-refractivity contribution in [3.8, 4) is 5.75 Å². The predicted molar refractivity (Wildman–Crippen MR) is 77.2 cm³/mol. The monoisotopic (exact) mass is 266 g/mol. The molecule has 3 rings (SSSR count). The molecule has 0 N–H and O–H groups in total. The van der Waals surface area contributed by atoms with Gasteiger partial charge in [0.2, 0.25) is 5.78 Å². The van der Waals surface area contributed by atoms with Crippen LogP contribution in [0, 0.1) is 6.92 Å². The number of furan rings is 1. The first-order chi connectivity index (χ1) is 9.75. The zero-order chi connectivity index (χ0) is 13.9. The Morgan fingerprint density at radius 1 is 1.05 bits per heavy atom. The number of Topliss-reactive ketones (excluding diaryl/α,β-unsaturated/α-hetero) is 1. The minimum absolute atomic E-state index is 0.0231. The number of para-hydroxylation sites is 2. The van der Waals surface area contributed by atoms with Crippen LogP contribution in [0.25, 0.3) is 11.0 Å². The van der Waals surface area contributed by atoms with E-state index in [2.05, 4.69) is 0 Å². The van der Waals surface area contributed by atoms with Gasteiger partial charge in [0.25, 0.3) is 0 Å². The Labute approximate surface area is 116 Å². The molecule has 3 heteroatoms. The zero-order valence-corrected chi connectivity index (χ0v) is 11.1. The van der Waals surface area contributed by atoms with Crippen molar-refractivity contribution >= 4 is 16.8 Å². The molecule has 0 fully saturated rings. The maximum Gasteiger partial charge on any atom is 0.235 e. The number of hydrogen-bond acceptors (Lipinski definition) is 3. The lowest BCUT2D eigenvalue weighted by Gasteiger charge is -2.03. The third kappa shape index (κ3) is 2.30. The maximum atomic E-state index is 12.2. The topological polar surface area (TPSA) is 39.4 Å². The molecule has 2 aromatic carbocycles. The second-order valence-corrected chi connectivity index (χ2v) is 4.58. The summed E-state index contributed by atoms with van der Waals surface area (Å²) in [4.78, 5) is 12.2. The van der Waals surface area contributed by atoms with Gasteiger partial charge in [-0.05, 0) is 25.1 Å². The van der Waals surface area contributed by atoms with E-state index >= 15 is 0 Å². The maximum absolute atomic E-state index is 12.2. The molecule has 0 aliphatic carbocycles. The SMILES string of the molecule is Cc1c(C(=O)COc2ccccc2)oc2ccccc12. The van der Waals surface area contributed by atoms with Gasteiger partial charge in [-0.1, -0.05) is 36.4 Å². The number of rotatable bonds is 4. The van der Waals surface area contributed by atoms with E-state index in [1.165, 1.54) is 0 Å². The van der Waals surface area contributed by atoms with Gasteiger partial charge in [0.1, 0.15) is 11.3 Å². The molecule has 0 unspecified atom stereocenters. The summed E-state index contributed by atoms with van der Waals surface area (Å²) in [5.41, 5.74) is 1.59. The lowest BCUT2D eigenvalue weighted by molar-refractivity contribution is 0.0895. The third-order valence-electron chi connectivity index (χ3n) is 3.21. The molecule has 3 nitrogen and oxygen atoms in total. The minimum Gasteiger partial charge on any atom is -0.485 e. The molecule has 0 atom stereocenters. The van der Waals surface area contributed by atoms with Gasteiger partial charge in [-0.15, -0.1) is 0 Å². The van der Waals surface area contributed by atoms with Crippen LogP contribution < -0.4 is 4.74 Å². The number of carbonyl (C=O) groups is 1. The Morgan fingerprint density at radius 2 is 1.75 bits per heavy atom. The highest BCUT2D eigenvalue weighted by atomic mass is 16.5. The molecule has 0 spiro atoms. The second-order valence-electron chi connectivity index (χ2n) is 4.58. The zero-order valence-electron chi connectivity index (χ0n) is 11.1. The van der Waals surface area contributed by atoms with Crippen LogP contribution in [0.2, 0.25) is 0 Å². The van der Waals surface area contributed by atoms with Crippen molar-refractivity contribution in [1.29, 1.82) is 0 Å². The summed E-state index contributed by atoms with van der Waals surface area (Å²) in [5, 5.41) is 0.968. The summed E-state index contributed by atoms with van der Waals surface area (Å²) in [6.45, 7) is 1.87. The molecule has 0 amide bonds. The van der Waals surface area contributed by atoms with Gasteiger partial charge < -0.3 is 9.15 Å². The molecule has 0 bridgehead atoms. The average Bonchev–Trinajstić information content (AvgIpc) is 2.84. The molecule has 0 saturated heterocycles.